The minimum atomic E-state index is -3.58. The lowest BCUT2D eigenvalue weighted by atomic mass is 10.1. The molecule has 0 atom stereocenters. The molecule has 0 spiro atoms. The van der Waals surface area contributed by atoms with E-state index in [0.29, 0.717) is 19.0 Å². The van der Waals surface area contributed by atoms with Gasteiger partial charge in [0.2, 0.25) is 15.9 Å². The molecule has 0 aliphatic heterocycles. The summed E-state index contributed by atoms with van der Waals surface area (Å²) in [6.45, 7) is 8.21. The third-order valence-electron chi connectivity index (χ3n) is 4.73. The van der Waals surface area contributed by atoms with Crippen molar-refractivity contribution in [2.24, 2.45) is 0 Å². The molecule has 3 rings (SSSR count). The van der Waals surface area contributed by atoms with Gasteiger partial charge in [0.05, 0.1) is 4.90 Å². The van der Waals surface area contributed by atoms with Crippen LogP contribution in [-0.2, 0) is 10.0 Å². The second-order valence-corrected chi connectivity index (χ2v) is 8.74. The number of aromatic nitrogens is 2. The van der Waals surface area contributed by atoms with Gasteiger partial charge in [0.15, 0.2) is 0 Å². The number of benzene rings is 2. The number of carbonyl (C=O) groups is 1. The highest BCUT2D eigenvalue weighted by molar-refractivity contribution is 7.89. The molecule has 158 valence electrons. The molecule has 2 aromatic carbocycles. The molecule has 8 nitrogen and oxygen atoms in total. The summed E-state index contributed by atoms with van der Waals surface area (Å²) in [6, 6.07) is 11.6. The number of hydrogen-bond donors (Lipinski definition) is 1. The molecule has 0 saturated heterocycles. The van der Waals surface area contributed by atoms with Crippen molar-refractivity contribution in [2.75, 3.05) is 18.4 Å². The van der Waals surface area contributed by atoms with Crippen LogP contribution in [0.1, 0.15) is 35.3 Å². The monoisotopic (exact) mass is 428 g/mol. The third-order valence-corrected chi connectivity index (χ3v) is 6.79. The van der Waals surface area contributed by atoms with Gasteiger partial charge in [-0.15, -0.1) is 5.10 Å². The van der Waals surface area contributed by atoms with E-state index in [4.69, 9.17) is 4.42 Å². The second kappa shape index (κ2) is 8.76. The summed E-state index contributed by atoms with van der Waals surface area (Å²) in [5, 5.41) is 10.4. The maximum absolute atomic E-state index is 12.5. The van der Waals surface area contributed by atoms with E-state index in [2.05, 4.69) is 15.5 Å². The Morgan fingerprint density at radius 2 is 1.70 bits per heavy atom. The van der Waals surface area contributed by atoms with Gasteiger partial charge in [-0.3, -0.25) is 10.1 Å². The molecular formula is C21H24N4O4S. The van der Waals surface area contributed by atoms with Crippen LogP contribution < -0.4 is 5.32 Å². The van der Waals surface area contributed by atoms with Gasteiger partial charge in [-0.1, -0.05) is 36.6 Å². The zero-order valence-corrected chi connectivity index (χ0v) is 18.2. The van der Waals surface area contributed by atoms with Crippen molar-refractivity contribution >= 4 is 21.9 Å². The van der Waals surface area contributed by atoms with E-state index < -0.39 is 15.9 Å². The molecule has 1 N–H and O–H groups in total. The average Bonchev–Trinajstić information content (AvgIpc) is 3.18. The SMILES string of the molecule is CCN(CC)S(=O)(=O)c1ccc(C(=O)Nc2nnc(-c3cc(C)ccc3C)o2)cc1. The van der Waals surface area contributed by atoms with Crippen molar-refractivity contribution in [2.45, 2.75) is 32.6 Å². The Morgan fingerprint density at radius 1 is 1.03 bits per heavy atom. The highest BCUT2D eigenvalue weighted by Crippen LogP contribution is 2.25. The van der Waals surface area contributed by atoms with Crippen LogP contribution in [0.15, 0.2) is 51.8 Å². The van der Waals surface area contributed by atoms with Crippen molar-refractivity contribution in [3.05, 3.63) is 59.2 Å². The van der Waals surface area contributed by atoms with E-state index in [1.807, 2.05) is 32.0 Å². The largest absolute Gasteiger partial charge is 0.403 e. The molecule has 0 radical (unpaired) electrons. The fourth-order valence-electron chi connectivity index (χ4n) is 3.01. The number of carbonyl (C=O) groups excluding carboxylic acids is 1. The highest BCUT2D eigenvalue weighted by Gasteiger charge is 2.22. The first-order valence-electron chi connectivity index (χ1n) is 9.59. The van der Waals surface area contributed by atoms with E-state index in [1.165, 1.54) is 28.6 Å². The van der Waals surface area contributed by atoms with Gasteiger partial charge in [0.1, 0.15) is 0 Å². The van der Waals surface area contributed by atoms with E-state index in [0.717, 1.165) is 16.7 Å². The number of nitrogens with one attached hydrogen (secondary N) is 1. The zero-order valence-electron chi connectivity index (χ0n) is 17.3. The minimum Gasteiger partial charge on any atom is -0.403 e. The normalized spacial score (nSPS) is 11.6. The lowest BCUT2D eigenvalue weighted by molar-refractivity contribution is 0.102. The van der Waals surface area contributed by atoms with E-state index >= 15 is 0 Å². The third kappa shape index (κ3) is 4.42. The summed E-state index contributed by atoms with van der Waals surface area (Å²) in [7, 11) is -3.58. The summed E-state index contributed by atoms with van der Waals surface area (Å²) in [6.07, 6.45) is 0. The summed E-state index contributed by atoms with van der Waals surface area (Å²) < 4.78 is 32.0. The lowest BCUT2D eigenvalue weighted by Crippen LogP contribution is -2.30. The number of nitrogens with zero attached hydrogens (tertiary/aromatic N) is 3. The molecule has 0 unspecified atom stereocenters. The number of sulfonamides is 1. The van der Waals surface area contributed by atoms with Crippen LogP contribution in [0.3, 0.4) is 0 Å². The van der Waals surface area contributed by atoms with Gasteiger partial charge >= 0.3 is 6.01 Å². The molecule has 9 heteroatoms. The standard InChI is InChI=1S/C21H24N4O4S/c1-5-25(6-2)30(27,28)17-11-9-16(10-12-17)19(26)22-21-24-23-20(29-21)18-13-14(3)7-8-15(18)4/h7-13H,5-6H2,1-4H3,(H,22,24,26). The minimum absolute atomic E-state index is 0.0317. The molecule has 1 heterocycles. The van der Waals surface area contributed by atoms with Crippen LogP contribution in [-0.4, -0.2) is 41.9 Å². The van der Waals surface area contributed by atoms with Crippen LogP contribution in [0.5, 0.6) is 0 Å². The van der Waals surface area contributed by atoms with Crippen LogP contribution in [0.4, 0.5) is 6.01 Å². The molecule has 0 saturated carbocycles. The Labute approximate surface area is 176 Å². The topological polar surface area (TPSA) is 105 Å². The average molecular weight is 429 g/mol. The first-order valence-corrected chi connectivity index (χ1v) is 11.0. The highest BCUT2D eigenvalue weighted by atomic mass is 32.2. The molecule has 30 heavy (non-hydrogen) atoms. The number of anilines is 1. The Hall–Kier alpha value is -3.04. The van der Waals surface area contributed by atoms with Crippen molar-refractivity contribution in [3.63, 3.8) is 0 Å². The van der Waals surface area contributed by atoms with Crippen LogP contribution in [0.25, 0.3) is 11.5 Å². The summed E-state index contributed by atoms with van der Waals surface area (Å²) >= 11 is 0. The number of aryl methyl sites for hydroxylation is 2. The quantitative estimate of drug-likeness (QED) is 0.616. The first-order chi connectivity index (χ1) is 14.3. The van der Waals surface area contributed by atoms with Crippen molar-refractivity contribution in [1.82, 2.24) is 14.5 Å². The summed E-state index contributed by atoms with van der Waals surface area (Å²) in [5.41, 5.74) is 3.11. The summed E-state index contributed by atoms with van der Waals surface area (Å²) in [4.78, 5) is 12.6. The fraction of sp³-hybridized carbons (Fsp3) is 0.286. The van der Waals surface area contributed by atoms with E-state index in [-0.39, 0.29) is 16.5 Å². The van der Waals surface area contributed by atoms with Crippen molar-refractivity contribution < 1.29 is 17.6 Å². The van der Waals surface area contributed by atoms with Gasteiger partial charge < -0.3 is 4.42 Å². The van der Waals surface area contributed by atoms with Crippen molar-refractivity contribution in [3.8, 4) is 11.5 Å². The fourth-order valence-corrected chi connectivity index (χ4v) is 4.47. The lowest BCUT2D eigenvalue weighted by Gasteiger charge is -2.18. The molecule has 0 aliphatic rings. The maximum Gasteiger partial charge on any atom is 0.322 e. The molecule has 0 bridgehead atoms. The number of rotatable bonds is 7. The van der Waals surface area contributed by atoms with Crippen molar-refractivity contribution in [1.29, 1.82) is 0 Å². The smallest absolute Gasteiger partial charge is 0.322 e. The number of hydrogen-bond acceptors (Lipinski definition) is 6. The number of amides is 1. The van der Waals surface area contributed by atoms with Gasteiger partial charge in [0.25, 0.3) is 5.91 Å². The Balaban J connectivity index is 1.76. The molecule has 3 aromatic rings. The first kappa shape index (κ1) is 21.7. The van der Waals surface area contributed by atoms with Gasteiger partial charge in [-0.05, 0) is 49.7 Å². The second-order valence-electron chi connectivity index (χ2n) is 6.80. The van der Waals surface area contributed by atoms with Gasteiger partial charge in [-0.25, -0.2) is 8.42 Å². The Morgan fingerprint density at radius 3 is 2.33 bits per heavy atom. The van der Waals surface area contributed by atoms with E-state index in [1.54, 1.807) is 13.8 Å². The predicted octanol–water partition coefficient (Wildman–Crippen LogP) is 3.64. The van der Waals surface area contributed by atoms with Crippen LogP contribution in [0.2, 0.25) is 0 Å². The molecule has 0 aliphatic carbocycles. The van der Waals surface area contributed by atoms with Gasteiger partial charge in [-0.2, -0.15) is 4.31 Å². The molecule has 0 fully saturated rings. The van der Waals surface area contributed by atoms with Gasteiger partial charge in [0, 0.05) is 24.2 Å². The predicted molar refractivity (Wildman–Crippen MR) is 114 cm³/mol. The maximum atomic E-state index is 12.5. The molecule has 1 aromatic heterocycles. The van der Waals surface area contributed by atoms with Crippen LogP contribution in [0, 0.1) is 13.8 Å². The zero-order chi connectivity index (χ0) is 21.9. The Kier molecular flexibility index (Phi) is 6.33. The van der Waals surface area contributed by atoms with Crippen LogP contribution >= 0.6 is 0 Å². The Bertz CT molecular complexity index is 1150. The van der Waals surface area contributed by atoms with E-state index in [9.17, 15) is 13.2 Å². The summed E-state index contributed by atoms with van der Waals surface area (Å²) in [5.74, 6) is -0.162. The molecule has 1 amide bonds. The molecular weight excluding hydrogens is 404 g/mol.